The topological polar surface area (TPSA) is 96.8 Å². The van der Waals surface area contributed by atoms with Gasteiger partial charge in [0, 0.05) is 14.1 Å². The first-order valence-corrected chi connectivity index (χ1v) is 7.77. The fourth-order valence-electron chi connectivity index (χ4n) is 1.96. The lowest BCUT2D eigenvalue weighted by Gasteiger charge is -2.12. The molecule has 1 N–H and O–H groups in total. The van der Waals surface area contributed by atoms with Crippen LogP contribution < -0.4 is 5.56 Å². The van der Waals surface area contributed by atoms with Crippen molar-refractivity contribution in [3.05, 3.63) is 40.9 Å². The molecule has 1 amide bonds. The Morgan fingerprint density at radius 1 is 1.35 bits per heavy atom. The zero-order chi connectivity index (χ0) is 16.4. The van der Waals surface area contributed by atoms with Gasteiger partial charge >= 0.3 is 0 Å². The molecule has 0 unspecified atom stereocenters. The van der Waals surface area contributed by atoms with Crippen LogP contribution in [0.15, 0.2) is 40.5 Å². The molecule has 0 aliphatic carbocycles. The number of aromatic nitrogens is 5. The van der Waals surface area contributed by atoms with Gasteiger partial charge in [0.05, 0.1) is 16.7 Å². The molecular formula is C14H14N6O2S. The second kappa shape index (κ2) is 6.21. The highest BCUT2D eigenvalue weighted by Crippen LogP contribution is 2.19. The van der Waals surface area contributed by atoms with E-state index in [1.807, 2.05) is 6.07 Å². The summed E-state index contributed by atoms with van der Waals surface area (Å²) in [6, 6.07) is 7.06. The molecule has 0 spiro atoms. The maximum absolute atomic E-state index is 12.8. The molecule has 0 radical (unpaired) electrons. The average molecular weight is 330 g/mol. The molecule has 0 saturated heterocycles. The number of nitrogens with one attached hydrogen (secondary N) is 1. The van der Waals surface area contributed by atoms with Crippen molar-refractivity contribution >= 4 is 28.6 Å². The minimum absolute atomic E-state index is 0.0680. The van der Waals surface area contributed by atoms with Crippen LogP contribution in [0, 0.1) is 0 Å². The van der Waals surface area contributed by atoms with E-state index in [9.17, 15) is 9.59 Å². The Hall–Kier alpha value is -2.68. The molecule has 2 heterocycles. The van der Waals surface area contributed by atoms with Gasteiger partial charge in [-0.1, -0.05) is 23.9 Å². The van der Waals surface area contributed by atoms with Crippen molar-refractivity contribution in [2.75, 3.05) is 19.8 Å². The highest BCUT2D eigenvalue weighted by Gasteiger charge is 2.16. The van der Waals surface area contributed by atoms with Crippen molar-refractivity contribution in [3.8, 4) is 5.95 Å². The van der Waals surface area contributed by atoms with Crippen LogP contribution in [0.1, 0.15) is 0 Å². The summed E-state index contributed by atoms with van der Waals surface area (Å²) in [5.74, 6) is 0.376. The van der Waals surface area contributed by atoms with Gasteiger partial charge in [0.15, 0.2) is 5.16 Å². The van der Waals surface area contributed by atoms with E-state index < -0.39 is 0 Å². The molecule has 0 aliphatic rings. The third-order valence-corrected chi connectivity index (χ3v) is 4.11. The molecule has 0 saturated carbocycles. The molecule has 0 fully saturated rings. The first-order chi connectivity index (χ1) is 11.1. The summed E-state index contributed by atoms with van der Waals surface area (Å²) >= 11 is 1.18. The van der Waals surface area contributed by atoms with Crippen LogP contribution in [0.25, 0.3) is 16.9 Å². The van der Waals surface area contributed by atoms with Crippen molar-refractivity contribution in [1.82, 2.24) is 29.6 Å². The van der Waals surface area contributed by atoms with Crippen molar-refractivity contribution in [2.45, 2.75) is 5.16 Å². The standard InChI is InChI=1S/C14H14N6O2S/c1-19(2)11(21)7-23-14-17-10-6-4-3-5-9(10)12(22)20(14)13-15-8-16-18-13/h3-6,8H,7H2,1-2H3,(H,15,16,18). The van der Waals surface area contributed by atoms with E-state index in [4.69, 9.17) is 0 Å². The van der Waals surface area contributed by atoms with Gasteiger partial charge in [-0.15, -0.1) is 0 Å². The lowest BCUT2D eigenvalue weighted by molar-refractivity contribution is -0.125. The molecule has 0 atom stereocenters. The van der Waals surface area contributed by atoms with E-state index in [1.165, 1.54) is 27.6 Å². The first-order valence-electron chi connectivity index (χ1n) is 6.78. The van der Waals surface area contributed by atoms with Gasteiger partial charge in [0.25, 0.3) is 5.56 Å². The summed E-state index contributed by atoms with van der Waals surface area (Å²) in [4.78, 5) is 34.6. The van der Waals surface area contributed by atoms with E-state index in [1.54, 1.807) is 32.3 Å². The number of H-pyrrole nitrogens is 1. The Labute approximate surface area is 135 Å². The SMILES string of the molecule is CN(C)C(=O)CSc1nc2ccccc2c(=O)n1-c1ncn[nH]1. The van der Waals surface area contributed by atoms with Gasteiger partial charge in [-0.25, -0.2) is 14.6 Å². The molecule has 1 aromatic carbocycles. The highest BCUT2D eigenvalue weighted by atomic mass is 32.2. The number of hydrogen-bond donors (Lipinski definition) is 1. The van der Waals surface area contributed by atoms with Crippen LogP contribution >= 0.6 is 11.8 Å². The van der Waals surface area contributed by atoms with Crippen molar-refractivity contribution in [2.24, 2.45) is 0 Å². The fraction of sp³-hybridized carbons (Fsp3) is 0.214. The first kappa shape index (κ1) is 15.2. The number of hydrogen-bond acceptors (Lipinski definition) is 6. The predicted molar refractivity (Wildman–Crippen MR) is 86.7 cm³/mol. The number of rotatable bonds is 4. The third kappa shape index (κ3) is 2.95. The zero-order valence-corrected chi connectivity index (χ0v) is 13.4. The predicted octanol–water partition coefficient (Wildman–Crippen LogP) is 0.684. The van der Waals surface area contributed by atoms with Crippen LogP contribution in [0.3, 0.4) is 0 Å². The lowest BCUT2D eigenvalue weighted by atomic mass is 10.2. The van der Waals surface area contributed by atoms with E-state index in [-0.39, 0.29) is 23.2 Å². The summed E-state index contributed by atoms with van der Waals surface area (Å²) in [6.07, 6.45) is 1.32. The average Bonchev–Trinajstić information content (AvgIpc) is 3.06. The second-order valence-corrected chi connectivity index (χ2v) is 5.88. The normalized spacial score (nSPS) is 10.9. The van der Waals surface area contributed by atoms with Gasteiger partial charge in [-0.3, -0.25) is 9.59 Å². The van der Waals surface area contributed by atoms with Crippen LogP contribution in [0.2, 0.25) is 0 Å². The monoisotopic (exact) mass is 330 g/mol. The van der Waals surface area contributed by atoms with Gasteiger partial charge < -0.3 is 4.90 Å². The summed E-state index contributed by atoms with van der Waals surface area (Å²) in [5.41, 5.74) is 0.320. The second-order valence-electron chi connectivity index (χ2n) is 4.94. The number of carbonyl (C=O) groups is 1. The molecular weight excluding hydrogens is 316 g/mol. The van der Waals surface area contributed by atoms with E-state index in [0.717, 1.165) is 0 Å². The minimum Gasteiger partial charge on any atom is -0.348 e. The largest absolute Gasteiger partial charge is 0.348 e. The molecule has 0 aliphatic heterocycles. The summed E-state index contributed by atoms with van der Waals surface area (Å²) < 4.78 is 1.34. The smallest absolute Gasteiger partial charge is 0.269 e. The van der Waals surface area contributed by atoms with Crippen molar-refractivity contribution in [1.29, 1.82) is 0 Å². The van der Waals surface area contributed by atoms with Crippen LogP contribution in [0.5, 0.6) is 0 Å². The molecule has 23 heavy (non-hydrogen) atoms. The fourth-order valence-corrected chi connectivity index (χ4v) is 2.93. The summed E-state index contributed by atoms with van der Waals surface area (Å²) in [6.45, 7) is 0. The Balaban J connectivity index is 2.13. The Kier molecular flexibility index (Phi) is 4.11. The number of thioether (sulfide) groups is 1. The van der Waals surface area contributed by atoms with Gasteiger partial charge in [-0.05, 0) is 12.1 Å². The van der Waals surface area contributed by atoms with Crippen LogP contribution in [-0.4, -0.2) is 55.4 Å². The molecule has 0 bridgehead atoms. The van der Waals surface area contributed by atoms with Crippen LogP contribution in [-0.2, 0) is 4.79 Å². The van der Waals surface area contributed by atoms with Crippen molar-refractivity contribution in [3.63, 3.8) is 0 Å². The zero-order valence-electron chi connectivity index (χ0n) is 12.6. The minimum atomic E-state index is -0.257. The van der Waals surface area contributed by atoms with Gasteiger partial charge in [-0.2, -0.15) is 10.1 Å². The summed E-state index contributed by atoms with van der Waals surface area (Å²) in [7, 11) is 3.36. The molecule has 2 aromatic heterocycles. The molecule has 9 heteroatoms. The Morgan fingerprint density at radius 3 is 2.83 bits per heavy atom. The third-order valence-electron chi connectivity index (χ3n) is 3.18. The van der Waals surface area contributed by atoms with Crippen molar-refractivity contribution < 1.29 is 4.79 Å². The Bertz CT molecular complexity index is 903. The van der Waals surface area contributed by atoms with E-state index >= 15 is 0 Å². The van der Waals surface area contributed by atoms with Gasteiger partial charge in [0.2, 0.25) is 11.9 Å². The van der Waals surface area contributed by atoms with Crippen LogP contribution in [0.4, 0.5) is 0 Å². The number of amides is 1. The molecule has 8 nitrogen and oxygen atoms in total. The molecule has 3 rings (SSSR count). The Morgan fingerprint density at radius 2 is 2.13 bits per heavy atom. The number of carbonyl (C=O) groups excluding carboxylic acids is 1. The number of aromatic amines is 1. The maximum atomic E-state index is 12.8. The van der Waals surface area contributed by atoms with E-state index in [2.05, 4.69) is 20.2 Å². The quantitative estimate of drug-likeness (QED) is 0.558. The maximum Gasteiger partial charge on any atom is 0.269 e. The number of fused-ring (bicyclic) bond motifs is 1. The van der Waals surface area contributed by atoms with E-state index in [0.29, 0.717) is 16.1 Å². The summed E-state index contributed by atoms with van der Waals surface area (Å²) in [5, 5.41) is 7.31. The highest BCUT2D eigenvalue weighted by molar-refractivity contribution is 7.99. The number of benzene rings is 1. The molecule has 118 valence electrons. The number of nitrogens with zero attached hydrogens (tertiary/aromatic N) is 5. The molecule has 3 aromatic rings. The lowest BCUT2D eigenvalue weighted by Crippen LogP contribution is -2.26. The number of para-hydroxylation sites is 1. The van der Waals surface area contributed by atoms with Gasteiger partial charge in [0.1, 0.15) is 6.33 Å².